The lowest BCUT2D eigenvalue weighted by atomic mass is 9.89. The molecule has 0 N–H and O–H groups in total. The Morgan fingerprint density at radius 1 is 1.12 bits per heavy atom. The topological polar surface area (TPSA) is 88.6 Å². The van der Waals surface area contributed by atoms with Gasteiger partial charge in [-0.3, -0.25) is 4.79 Å². The Labute approximate surface area is 192 Å². The molecule has 0 bridgehead atoms. The molecule has 2 aromatic rings. The highest BCUT2D eigenvalue weighted by Crippen LogP contribution is 2.35. The highest BCUT2D eigenvalue weighted by Gasteiger charge is 2.34. The molecule has 166 valence electrons. The van der Waals surface area contributed by atoms with Crippen LogP contribution in [0.4, 0.5) is 0 Å². The lowest BCUT2D eigenvalue weighted by Crippen LogP contribution is -2.39. The van der Waals surface area contributed by atoms with Crippen LogP contribution < -0.4 is 0 Å². The second-order valence-electron chi connectivity index (χ2n) is 8.78. The number of piperidine rings is 1. The molecule has 8 nitrogen and oxygen atoms in total. The van der Waals surface area contributed by atoms with Crippen LogP contribution in [-0.4, -0.2) is 55.5 Å². The van der Waals surface area contributed by atoms with Crippen molar-refractivity contribution in [3.05, 3.63) is 46.2 Å². The Hall–Kier alpha value is -2.87. The van der Waals surface area contributed by atoms with Gasteiger partial charge >= 0.3 is 0 Å². The minimum atomic E-state index is 0.0300. The summed E-state index contributed by atoms with van der Waals surface area (Å²) in [6, 6.07) is 5.60. The minimum Gasteiger partial charge on any atom is -0.339 e. The largest absolute Gasteiger partial charge is 0.339 e. The van der Waals surface area contributed by atoms with E-state index in [4.69, 9.17) is 11.6 Å². The number of carbonyl (C=O) groups excluding carboxylic acids is 1. The van der Waals surface area contributed by atoms with E-state index < -0.39 is 0 Å². The van der Waals surface area contributed by atoms with Gasteiger partial charge in [-0.2, -0.15) is 15.0 Å². The van der Waals surface area contributed by atoms with Crippen LogP contribution in [0.5, 0.6) is 0 Å². The molecule has 1 saturated carbocycles. The van der Waals surface area contributed by atoms with E-state index >= 15 is 0 Å². The molecule has 32 heavy (non-hydrogen) atoms. The first-order chi connectivity index (χ1) is 15.5. The Bertz CT molecular complexity index is 1110. The zero-order chi connectivity index (χ0) is 22.1. The second kappa shape index (κ2) is 8.94. The van der Waals surface area contributed by atoms with Crippen LogP contribution in [0.3, 0.4) is 0 Å². The van der Waals surface area contributed by atoms with Crippen LogP contribution >= 0.6 is 11.6 Å². The van der Waals surface area contributed by atoms with Crippen molar-refractivity contribution in [1.29, 1.82) is 0 Å². The average molecular weight is 452 g/mol. The molecule has 0 unspecified atom stereocenters. The van der Waals surface area contributed by atoms with Gasteiger partial charge in [-0.05, 0) is 73.1 Å². The van der Waals surface area contributed by atoms with Crippen molar-refractivity contribution in [3.63, 3.8) is 0 Å². The molecule has 9 heteroatoms. The molecular weight excluding hydrogens is 426 g/mol. The molecule has 0 spiro atoms. The number of tetrazole rings is 1. The standard InChI is InChI=1S/C23H26ClN7O/c1-15-25-29-31(28-15)14-19-12-20(24)6-4-16(19)5-7-23(32)30-10-8-18(9-11-30)22-13-21(26-27-22)17-2-3-17/h4-7,12,17-18H,2-3,8-11,13-14H2,1H3/b7-5+. The minimum absolute atomic E-state index is 0.0300. The van der Waals surface area contributed by atoms with Crippen molar-refractivity contribution in [2.45, 2.75) is 45.6 Å². The molecule has 1 amide bonds. The van der Waals surface area contributed by atoms with E-state index in [1.165, 1.54) is 29.1 Å². The van der Waals surface area contributed by atoms with Gasteiger partial charge in [0.2, 0.25) is 5.91 Å². The van der Waals surface area contributed by atoms with Crippen molar-refractivity contribution in [2.75, 3.05) is 13.1 Å². The molecule has 1 aromatic carbocycles. The molecule has 1 aliphatic carbocycles. The van der Waals surface area contributed by atoms with Gasteiger partial charge in [0.05, 0.1) is 6.54 Å². The number of carbonyl (C=O) groups is 1. The third-order valence-electron chi connectivity index (χ3n) is 6.37. The van der Waals surface area contributed by atoms with Crippen molar-refractivity contribution in [2.24, 2.45) is 22.0 Å². The number of nitrogens with zero attached hydrogens (tertiary/aromatic N) is 7. The van der Waals surface area contributed by atoms with Crippen molar-refractivity contribution in [3.8, 4) is 0 Å². The smallest absolute Gasteiger partial charge is 0.246 e. The number of hydrogen-bond donors (Lipinski definition) is 0. The summed E-state index contributed by atoms with van der Waals surface area (Å²) in [5.74, 6) is 1.78. The lowest BCUT2D eigenvalue weighted by molar-refractivity contribution is -0.127. The van der Waals surface area contributed by atoms with Gasteiger partial charge in [0, 0.05) is 48.0 Å². The second-order valence-corrected chi connectivity index (χ2v) is 9.21. The highest BCUT2D eigenvalue weighted by molar-refractivity contribution is 6.30. The average Bonchev–Trinajstić information content (AvgIpc) is 3.38. The monoisotopic (exact) mass is 451 g/mol. The first kappa shape index (κ1) is 21.0. The molecule has 0 atom stereocenters. The fourth-order valence-electron chi connectivity index (χ4n) is 4.37. The highest BCUT2D eigenvalue weighted by atomic mass is 35.5. The molecule has 2 fully saturated rings. The molecular formula is C23H26ClN7O. The number of aromatic nitrogens is 4. The Morgan fingerprint density at radius 3 is 2.50 bits per heavy atom. The summed E-state index contributed by atoms with van der Waals surface area (Å²) in [7, 11) is 0. The van der Waals surface area contributed by atoms with Gasteiger partial charge in [0.1, 0.15) is 0 Å². The van der Waals surface area contributed by atoms with Crippen LogP contribution in [0, 0.1) is 18.8 Å². The zero-order valence-corrected chi connectivity index (χ0v) is 18.9. The van der Waals surface area contributed by atoms with E-state index in [0.29, 0.717) is 29.2 Å². The number of likely N-dealkylation sites (tertiary alicyclic amines) is 1. The summed E-state index contributed by atoms with van der Waals surface area (Å²) in [5.41, 5.74) is 4.34. The molecule has 3 aliphatic rings. The number of hydrogen-bond acceptors (Lipinski definition) is 6. The normalized spacial score (nSPS) is 19.5. The van der Waals surface area contributed by atoms with E-state index in [-0.39, 0.29) is 5.91 Å². The fourth-order valence-corrected chi connectivity index (χ4v) is 4.56. The molecule has 5 rings (SSSR count). The number of rotatable bonds is 6. The summed E-state index contributed by atoms with van der Waals surface area (Å²) < 4.78 is 0. The summed E-state index contributed by atoms with van der Waals surface area (Å²) >= 11 is 6.19. The Morgan fingerprint density at radius 2 is 1.84 bits per heavy atom. The van der Waals surface area contributed by atoms with Gasteiger partial charge in [0.15, 0.2) is 5.82 Å². The van der Waals surface area contributed by atoms with Crippen LogP contribution in [-0.2, 0) is 11.3 Å². The predicted octanol–water partition coefficient (Wildman–Crippen LogP) is 3.55. The van der Waals surface area contributed by atoms with E-state index in [9.17, 15) is 4.79 Å². The maximum Gasteiger partial charge on any atom is 0.246 e. The number of aryl methyl sites for hydroxylation is 1. The molecule has 3 heterocycles. The molecule has 0 radical (unpaired) electrons. The SMILES string of the molecule is Cc1nnn(Cc2cc(Cl)ccc2/C=C/C(=O)N2CCC(C3=NN=C(C4CC4)C3)CC2)n1. The Balaban J connectivity index is 1.18. The maximum absolute atomic E-state index is 12.8. The van der Waals surface area contributed by atoms with Crippen LogP contribution in [0.1, 0.15) is 49.1 Å². The summed E-state index contributed by atoms with van der Waals surface area (Å²) in [6.07, 6.45) is 8.89. The van der Waals surface area contributed by atoms with E-state index in [1.807, 2.05) is 29.2 Å². The van der Waals surface area contributed by atoms with Gasteiger partial charge in [-0.1, -0.05) is 17.7 Å². The zero-order valence-electron chi connectivity index (χ0n) is 18.1. The van der Waals surface area contributed by atoms with Crippen LogP contribution in [0.2, 0.25) is 5.02 Å². The fraction of sp³-hybridized carbons (Fsp3) is 0.478. The molecule has 1 saturated heterocycles. The third-order valence-corrected chi connectivity index (χ3v) is 6.61. The number of amides is 1. The first-order valence-electron chi connectivity index (χ1n) is 11.2. The quantitative estimate of drug-likeness (QED) is 0.628. The summed E-state index contributed by atoms with van der Waals surface area (Å²) in [4.78, 5) is 16.3. The summed E-state index contributed by atoms with van der Waals surface area (Å²) in [6.45, 7) is 3.73. The van der Waals surface area contributed by atoms with Gasteiger partial charge in [0.25, 0.3) is 0 Å². The van der Waals surface area contributed by atoms with Gasteiger partial charge in [-0.25, -0.2) is 0 Å². The van der Waals surface area contributed by atoms with E-state index in [2.05, 4.69) is 25.6 Å². The molecule has 1 aromatic heterocycles. The van der Waals surface area contributed by atoms with Crippen LogP contribution in [0.25, 0.3) is 6.08 Å². The van der Waals surface area contributed by atoms with Crippen LogP contribution in [0.15, 0.2) is 34.5 Å². The van der Waals surface area contributed by atoms with Crippen molar-refractivity contribution < 1.29 is 4.79 Å². The van der Waals surface area contributed by atoms with E-state index in [0.717, 1.165) is 43.5 Å². The van der Waals surface area contributed by atoms with Crippen molar-refractivity contribution in [1.82, 2.24) is 25.1 Å². The third kappa shape index (κ3) is 4.80. The number of benzene rings is 1. The number of halogens is 1. The maximum atomic E-state index is 12.8. The van der Waals surface area contributed by atoms with Gasteiger partial charge in [-0.15, -0.1) is 10.2 Å². The first-order valence-corrected chi connectivity index (χ1v) is 11.6. The molecule has 2 aliphatic heterocycles. The lowest BCUT2D eigenvalue weighted by Gasteiger charge is -2.31. The van der Waals surface area contributed by atoms with E-state index in [1.54, 1.807) is 13.0 Å². The summed E-state index contributed by atoms with van der Waals surface area (Å²) in [5, 5.41) is 21.7. The predicted molar refractivity (Wildman–Crippen MR) is 124 cm³/mol. The van der Waals surface area contributed by atoms with Gasteiger partial charge < -0.3 is 4.90 Å². The van der Waals surface area contributed by atoms with Crippen molar-refractivity contribution >= 4 is 35.0 Å². The Kier molecular flexibility index (Phi) is 5.87.